The van der Waals surface area contributed by atoms with Crippen LogP contribution in [0.2, 0.25) is 5.22 Å². The summed E-state index contributed by atoms with van der Waals surface area (Å²) in [5.74, 6) is -0.678. The van der Waals surface area contributed by atoms with Crippen LogP contribution in [0.25, 0.3) is 0 Å². The maximum absolute atomic E-state index is 13.1. The summed E-state index contributed by atoms with van der Waals surface area (Å²) in [6.07, 6.45) is 0. The lowest BCUT2D eigenvalue weighted by Crippen LogP contribution is -2.03. The molecule has 0 fully saturated rings. The molecule has 0 saturated heterocycles. The molecule has 1 heterocycles. The van der Waals surface area contributed by atoms with Gasteiger partial charge in [-0.15, -0.1) is 0 Å². The van der Waals surface area contributed by atoms with Crippen LogP contribution in [-0.2, 0) is 0 Å². The number of benzene rings is 1. The molecule has 5 heteroatoms. The van der Waals surface area contributed by atoms with Gasteiger partial charge in [0.25, 0.3) is 0 Å². The van der Waals surface area contributed by atoms with Gasteiger partial charge in [-0.2, -0.15) is 0 Å². The van der Waals surface area contributed by atoms with E-state index in [1.165, 1.54) is 31.4 Å². The SMILES string of the molecule is COc1ccc(F)cc1C(=O)c1ccc(Cl)o1. The van der Waals surface area contributed by atoms with Crippen LogP contribution in [-0.4, -0.2) is 12.9 Å². The number of ketones is 1. The molecule has 1 aromatic heterocycles. The number of rotatable bonds is 3. The summed E-state index contributed by atoms with van der Waals surface area (Å²) in [7, 11) is 1.40. The Bertz CT molecular complexity index is 563. The molecule has 0 radical (unpaired) electrons. The van der Waals surface area contributed by atoms with E-state index < -0.39 is 11.6 Å². The number of furan rings is 1. The van der Waals surface area contributed by atoms with E-state index in [0.717, 1.165) is 6.07 Å². The highest BCUT2D eigenvalue weighted by atomic mass is 35.5. The van der Waals surface area contributed by atoms with Crippen molar-refractivity contribution < 1.29 is 18.3 Å². The molecule has 0 aliphatic rings. The van der Waals surface area contributed by atoms with E-state index in [0.29, 0.717) is 0 Å². The Kier molecular flexibility index (Phi) is 3.15. The first-order chi connectivity index (χ1) is 8.11. The van der Waals surface area contributed by atoms with Crippen LogP contribution in [0.3, 0.4) is 0 Å². The van der Waals surface area contributed by atoms with Crippen molar-refractivity contribution in [1.29, 1.82) is 0 Å². The Labute approximate surface area is 102 Å². The van der Waals surface area contributed by atoms with E-state index >= 15 is 0 Å². The standard InChI is InChI=1S/C12H8ClFO3/c1-16-9-3-2-7(14)6-8(9)12(15)10-4-5-11(13)17-10/h2-6H,1H3. The second-order valence-electron chi connectivity index (χ2n) is 3.28. The maximum atomic E-state index is 13.1. The number of carbonyl (C=O) groups is 1. The van der Waals surface area contributed by atoms with Crippen molar-refractivity contribution in [2.24, 2.45) is 0 Å². The third-order valence-corrected chi connectivity index (χ3v) is 2.41. The van der Waals surface area contributed by atoms with Gasteiger partial charge in [0.05, 0.1) is 12.7 Å². The number of hydrogen-bond acceptors (Lipinski definition) is 3. The molecule has 0 amide bonds. The Morgan fingerprint density at radius 2 is 2.12 bits per heavy atom. The normalized spacial score (nSPS) is 10.3. The van der Waals surface area contributed by atoms with Crippen molar-refractivity contribution in [2.75, 3.05) is 7.11 Å². The van der Waals surface area contributed by atoms with Crippen LogP contribution >= 0.6 is 11.6 Å². The third kappa shape index (κ3) is 2.31. The van der Waals surface area contributed by atoms with Gasteiger partial charge in [-0.05, 0) is 41.9 Å². The molecule has 2 aromatic rings. The van der Waals surface area contributed by atoms with Crippen molar-refractivity contribution in [3.05, 3.63) is 52.7 Å². The summed E-state index contributed by atoms with van der Waals surface area (Å²) in [6, 6.07) is 6.56. The lowest BCUT2D eigenvalue weighted by Gasteiger charge is -2.05. The fraction of sp³-hybridized carbons (Fsp3) is 0.0833. The van der Waals surface area contributed by atoms with Crippen LogP contribution in [0.1, 0.15) is 16.1 Å². The van der Waals surface area contributed by atoms with Crippen LogP contribution in [0.5, 0.6) is 5.75 Å². The molecule has 1 aromatic carbocycles. The summed E-state index contributed by atoms with van der Waals surface area (Å²) < 4.78 is 23.1. The summed E-state index contributed by atoms with van der Waals surface area (Å²) >= 11 is 5.57. The molecule has 0 spiro atoms. The zero-order chi connectivity index (χ0) is 12.4. The van der Waals surface area contributed by atoms with E-state index in [-0.39, 0.29) is 22.3 Å². The Hall–Kier alpha value is -1.81. The molecule has 0 saturated carbocycles. The van der Waals surface area contributed by atoms with Gasteiger partial charge < -0.3 is 9.15 Å². The molecular formula is C12H8ClFO3. The summed E-state index contributed by atoms with van der Waals surface area (Å²) in [4.78, 5) is 12.0. The zero-order valence-electron chi connectivity index (χ0n) is 8.87. The molecule has 0 N–H and O–H groups in total. The molecule has 0 atom stereocenters. The van der Waals surface area contributed by atoms with Crippen molar-refractivity contribution in [1.82, 2.24) is 0 Å². The second-order valence-corrected chi connectivity index (χ2v) is 3.65. The Morgan fingerprint density at radius 3 is 2.71 bits per heavy atom. The number of halogens is 2. The number of carbonyl (C=O) groups excluding carboxylic acids is 1. The average molecular weight is 255 g/mol. The smallest absolute Gasteiger partial charge is 0.232 e. The summed E-state index contributed by atoms with van der Waals surface area (Å²) in [5.41, 5.74) is 0.0958. The third-order valence-electron chi connectivity index (χ3n) is 2.20. The second kappa shape index (κ2) is 4.59. The summed E-state index contributed by atoms with van der Waals surface area (Å²) in [6.45, 7) is 0. The minimum absolute atomic E-state index is 0.0406. The maximum Gasteiger partial charge on any atom is 0.232 e. The van der Waals surface area contributed by atoms with Crippen molar-refractivity contribution in [2.45, 2.75) is 0 Å². The van der Waals surface area contributed by atoms with E-state index in [4.69, 9.17) is 20.8 Å². The molecule has 0 bridgehead atoms. The van der Waals surface area contributed by atoms with Gasteiger partial charge in [-0.25, -0.2) is 4.39 Å². The first-order valence-electron chi connectivity index (χ1n) is 4.75. The van der Waals surface area contributed by atoms with E-state index in [1.54, 1.807) is 0 Å². The molecule has 88 valence electrons. The number of hydrogen-bond donors (Lipinski definition) is 0. The zero-order valence-corrected chi connectivity index (χ0v) is 9.62. The molecule has 0 aliphatic heterocycles. The highest BCUT2D eigenvalue weighted by molar-refractivity contribution is 6.29. The molecule has 2 rings (SSSR count). The van der Waals surface area contributed by atoms with Gasteiger partial charge in [0, 0.05) is 0 Å². The Morgan fingerprint density at radius 1 is 1.35 bits per heavy atom. The van der Waals surface area contributed by atoms with Crippen molar-refractivity contribution in [3.63, 3.8) is 0 Å². The van der Waals surface area contributed by atoms with Gasteiger partial charge in [-0.1, -0.05) is 0 Å². The van der Waals surface area contributed by atoms with Crippen LogP contribution in [0.4, 0.5) is 4.39 Å². The fourth-order valence-electron chi connectivity index (χ4n) is 1.43. The van der Waals surface area contributed by atoms with Gasteiger partial charge in [0.1, 0.15) is 11.6 Å². The molecular weight excluding hydrogens is 247 g/mol. The molecule has 17 heavy (non-hydrogen) atoms. The highest BCUT2D eigenvalue weighted by Gasteiger charge is 2.18. The number of ether oxygens (including phenoxy) is 1. The predicted molar refractivity (Wildman–Crippen MR) is 60.1 cm³/mol. The van der Waals surface area contributed by atoms with Crippen LogP contribution < -0.4 is 4.74 Å². The number of methoxy groups -OCH3 is 1. The summed E-state index contributed by atoms with van der Waals surface area (Å²) in [5, 5.41) is 0.101. The van der Waals surface area contributed by atoms with Crippen molar-refractivity contribution >= 4 is 17.4 Å². The first-order valence-corrected chi connectivity index (χ1v) is 5.13. The van der Waals surface area contributed by atoms with E-state index in [9.17, 15) is 9.18 Å². The molecule has 0 aliphatic carbocycles. The first kappa shape index (κ1) is 11.7. The van der Waals surface area contributed by atoms with E-state index in [2.05, 4.69) is 0 Å². The van der Waals surface area contributed by atoms with Gasteiger partial charge >= 0.3 is 0 Å². The average Bonchev–Trinajstić information content (AvgIpc) is 2.75. The topological polar surface area (TPSA) is 39.4 Å². The Balaban J connectivity index is 2.46. The largest absolute Gasteiger partial charge is 0.496 e. The quantitative estimate of drug-likeness (QED) is 0.789. The van der Waals surface area contributed by atoms with Crippen LogP contribution in [0, 0.1) is 5.82 Å². The molecule has 3 nitrogen and oxygen atoms in total. The van der Waals surface area contributed by atoms with E-state index in [1.807, 2.05) is 0 Å². The highest BCUT2D eigenvalue weighted by Crippen LogP contribution is 2.24. The lowest BCUT2D eigenvalue weighted by atomic mass is 10.1. The fourth-order valence-corrected chi connectivity index (χ4v) is 1.57. The van der Waals surface area contributed by atoms with Gasteiger partial charge in [0.15, 0.2) is 11.0 Å². The van der Waals surface area contributed by atoms with Gasteiger partial charge in [0.2, 0.25) is 5.78 Å². The van der Waals surface area contributed by atoms with Crippen molar-refractivity contribution in [3.8, 4) is 5.75 Å². The van der Waals surface area contributed by atoms with Gasteiger partial charge in [-0.3, -0.25) is 4.79 Å². The lowest BCUT2D eigenvalue weighted by molar-refractivity contribution is 0.101. The predicted octanol–water partition coefficient (Wildman–Crippen LogP) is 3.31. The molecule has 0 unspecified atom stereocenters. The monoisotopic (exact) mass is 254 g/mol. The minimum atomic E-state index is -0.521. The minimum Gasteiger partial charge on any atom is -0.496 e. The van der Waals surface area contributed by atoms with Crippen LogP contribution in [0.15, 0.2) is 34.7 Å².